The molecule has 1 aromatic heterocycles. The number of ether oxygens (including phenoxy) is 1. The van der Waals surface area contributed by atoms with Crippen molar-refractivity contribution in [3.63, 3.8) is 0 Å². The molecule has 0 atom stereocenters. The van der Waals surface area contributed by atoms with E-state index in [9.17, 15) is 0 Å². The summed E-state index contributed by atoms with van der Waals surface area (Å²) in [5.41, 5.74) is 1.28. The number of nitrogens with zero attached hydrogens (tertiary/aromatic N) is 2. The van der Waals surface area contributed by atoms with Crippen molar-refractivity contribution in [2.45, 2.75) is 39.3 Å². The van der Waals surface area contributed by atoms with Gasteiger partial charge in [-0.3, -0.25) is 0 Å². The number of nitrogens with one attached hydrogen (secondary N) is 1. The molecule has 1 aliphatic rings. The van der Waals surface area contributed by atoms with Crippen molar-refractivity contribution in [2.75, 3.05) is 31.7 Å². The van der Waals surface area contributed by atoms with Gasteiger partial charge in [-0.2, -0.15) is 0 Å². The third kappa shape index (κ3) is 4.18. The first kappa shape index (κ1) is 15.3. The van der Waals surface area contributed by atoms with Gasteiger partial charge in [0, 0.05) is 44.6 Å². The highest BCUT2D eigenvalue weighted by atomic mass is 16.5. The van der Waals surface area contributed by atoms with Gasteiger partial charge in [-0.25, -0.2) is 4.98 Å². The van der Waals surface area contributed by atoms with Gasteiger partial charge in [0.2, 0.25) is 0 Å². The Labute approximate surface area is 122 Å². The van der Waals surface area contributed by atoms with Crippen LogP contribution in [0.2, 0.25) is 0 Å². The van der Waals surface area contributed by atoms with Crippen molar-refractivity contribution in [3.05, 3.63) is 23.9 Å². The summed E-state index contributed by atoms with van der Waals surface area (Å²) in [5.74, 6) is 1.78. The van der Waals surface area contributed by atoms with E-state index in [-0.39, 0.29) is 0 Å². The minimum atomic E-state index is 0.544. The lowest BCUT2D eigenvalue weighted by atomic mass is 10.1. The third-order valence-electron chi connectivity index (χ3n) is 3.81. The van der Waals surface area contributed by atoms with Gasteiger partial charge in [0.1, 0.15) is 5.82 Å². The molecule has 1 N–H and O–H groups in total. The van der Waals surface area contributed by atoms with Crippen molar-refractivity contribution in [1.82, 2.24) is 10.3 Å². The summed E-state index contributed by atoms with van der Waals surface area (Å²) in [7, 11) is 2.16. The maximum absolute atomic E-state index is 5.45. The van der Waals surface area contributed by atoms with E-state index >= 15 is 0 Å². The van der Waals surface area contributed by atoms with Gasteiger partial charge in [0.15, 0.2) is 0 Å². The Hall–Kier alpha value is -1.13. The monoisotopic (exact) mass is 277 g/mol. The molecule has 0 radical (unpaired) electrons. The molecule has 4 heteroatoms. The number of hydrogen-bond acceptors (Lipinski definition) is 4. The SMILES string of the molecule is CC(C)CNCc1cccnc1N(C)C1CCOCC1. The lowest BCUT2D eigenvalue weighted by Crippen LogP contribution is -2.38. The minimum Gasteiger partial charge on any atom is -0.381 e. The Balaban J connectivity index is 2.02. The Morgan fingerprint density at radius 2 is 2.15 bits per heavy atom. The molecular formula is C16H27N3O. The van der Waals surface area contributed by atoms with Crippen LogP contribution in [-0.4, -0.2) is 37.8 Å². The Morgan fingerprint density at radius 3 is 2.85 bits per heavy atom. The van der Waals surface area contributed by atoms with Gasteiger partial charge >= 0.3 is 0 Å². The topological polar surface area (TPSA) is 37.4 Å². The van der Waals surface area contributed by atoms with Crippen LogP contribution >= 0.6 is 0 Å². The molecule has 4 nitrogen and oxygen atoms in total. The predicted molar refractivity (Wildman–Crippen MR) is 83.0 cm³/mol. The molecule has 0 saturated carbocycles. The van der Waals surface area contributed by atoms with Gasteiger partial charge in [-0.15, -0.1) is 0 Å². The fourth-order valence-corrected chi connectivity index (χ4v) is 2.63. The minimum absolute atomic E-state index is 0.544. The van der Waals surface area contributed by atoms with Gasteiger partial charge in [0.05, 0.1) is 0 Å². The second kappa shape index (κ2) is 7.60. The number of aromatic nitrogens is 1. The zero-order chi connectivity index (χ0) is 14.4. The third-order valence-corrected chi connectivity index (χ3v) is 3.81. The van der Waals surface area contributed by atoms with Crippen LogP contribution in [0.15, 0.2) is 18.3 Å². The first-order valence-corrected chi connectivity index (χ1v) is 7.63. The highest BCUT2D eigenvalue weighted by Crippen LogP contribution is 2.22. The lowest BCUT2D eigenvalue weighted by molar-refractivity contribution is 0.0853. The molecule has 0 bridgehead atoms. The molecule has 1 fully saturated rings. The fourth-order valence-electron chi connectivity index (χ4n) is 2.63. The molecule has 1 saturated heterocycles. The molecule has 2 rings (SSSR count). The summed E-state index contributed by atoms with van der Waals surface area (Å²) in [5, 5.41) is 3.51. The van der Waals surface area contributed by atoms with Crippen LogP contribution in [0.5, 0.6) is 0 Å². The van der Waals surface area contributed by atoms with E-state index in [1.807, 2.05) is 12.3 Å². The second-order valence-electron chi connectivity index (χ2n) is 5.97. The molecule has 112 valence electrons. The Morgan fingerprint density at radius 1 is 1.40 bits per heavy atom. The van der Waals surface area contributed by atoms with E-state index < -0.39 is 0 Å². The van der Waals surface area contributed by atoms with Crippen LogP contribution in [0.3, 0.4) is 0 Å². The van der Waals surface area contributed by atoms with Crippen LogP contribution in [0.25, 0.3) is 0 Å². The predicted octanol–water partition coefficient (Wildman–Crippen LogP) is 2.44. The molecule has 2 heterocycles. The Kier molecular flexibility index (Phi) is 5.80. The molecule has 1 aromatic rings. The van der Waals surface area contributed by atoms with Crippen molar-refractivity contribution in [1.29, 1.82) is 0 Å². The van der Waals surface area contributed by atoms with Gasteiger partial charge in [-0.1, -0.05) is 19.9 Å². The number of anilines is 1. The van der Waals surface area contributed by atoms with Crippen molar-refractivity contribution < 1.29 is 4.74 Å². The van der Waals surface area contributed by atoms with E-state index in [0.29, 0.717) is 12.0 Å². The number of hydrogen-bond donors (Lipinski definition) is 1. The summed E-state index contributed by atoms with van der Waals surface area (Å²) < 4.78 is 5.45. The lowest BCUT2D eigenvalue weighted by Gasteiger charge is -2.33. The summed E-state index contributed by atoms with van der Waals surface area (Å²) in [6.45, 7) is 8.10. The van der Waals surface area contributed by atoms with Crippen LogP contribution < -0.4 is 10.2 Å². The summed E-state index contributed by atoms with van der Waals surface area (Å²) >= 11 is 0. The number of rotatable bonds is 6. The van der Waals surface area contributed by atoms with Crippen LogP contribution in [-0.2, 0) is 11.3 Å². The molecule has 0 amide bonds. The van der Waals surface area contributed by atoms with Crippen molar-refractivity contribution >= 4 is 5.82 Å². The zero-order valence-electron chi connectivity index (χ0n) is 12.9. The van der Waals surface area contributed by atoms with E-state index in [1.54, 1.807) is 0 Å². The zero-order valence-corrected chi connectivity index (χ0v) is 12.9. The average molecular weight is 277 g/mol. The van der Waals surface area contributed by atoms with Crippen molar-refractivity contribution in [3.8, 4) is 0 Å². The van der Waals surface area contributed by atoms with Crippen LogP contribution in [0, 0.1) is 5.92 Å². The molecule has 20 heavy (non-hydrogen) atoms. The summed E-state index contributed by atoms with van der Waals surface area (Å²) in [6.07, 6.45) is 4.06. The maximum Gasteiger partial charge on any atom is 0.133 e. The first-order chi connectivity index (χ1) is 9.68. The first-order valence-electron chi connectivity index (χ1n) is 7.63. The highest BCUT2D eigenvalue weighted by molar-refractivity contribution is 5.47. The van der Waals surface area contributed by atoms with Gasteiger partial charge in [-0.05, 0) is 31.4 Å². The largest absolute Gasteiger partial charge is 0.381 e. The van der Waals surface area contributed by atoms with E-state index in [4.69, 9.17) is 4.74 Å². The quantitative estimate of drug-likeness (QED) is 0.866. The van der Waals surface area contributed by atoms with Crippen LogP contribution in [0.4, 0.5) is 5.82 Å². The fraction of sp³-hybridized carbons (Fsp3) is 0.688. The normalized spacial score (nSPS) is 16.6. The average Bonchev–Trinajstić information content (AvgIpc) is 2.47. The molecule has 1 aliphatic heterocycles. The molecule has 0 spiro atoms. The molecule has 0 aliphatic carbocycles. The summed E-state index contributed by atoms with van der Waals surface area (Å²) in [6, 6.07) is 4.74. The second-order valence-corrected chi connectivity index (χ2v) is 5.97. The summed E-state index contributed by atoms with van der Waals surface area (Å²) in [4.78, 5) is 6.92. The Bertz CT molecular complexity index is 402. The van der Waals surface area contributed by atoms with Gasteiger partial charge < -0.3 is 15.0 Å². The maximum atomic E-state index is 5.45. The standard InChI is InChI=1S/C16H27N3O/c1-13(2)11-17-12-14-5-4-8-18-16(14)19(3)15-6-9-20-10-7-15/h4-5,8,13,15,17H,6-7,9-12H2,1-3H3. The van der Waals surface area contributed by atoms with E-state index in [1.165, 1.54) is 5.56 Å². The van der Waals surface area contributed by atoms with E-state index in [2.05, 4.69) is 42.2 Å². The molecular weight excluding hydrogens is 250 g/mol. The molecule has 0 unspecified atom stereocenters. The van der Waals surface area contributed by atoms with Gasteiger partial charge in [0.25, 0.3) is 0 Å². The highest BCUT2D eigenvalue weighted by Gasteiger charge is 2.21. The van der Waals surface area contributed by atoms with E-state index in [0.717, 1.165) is 45.0 Å². The van der Waals surface area contributed by atoms with Crippen LogP contribution in [0.1, 0.15) is 32.3 Å². The molecule has 0 aromatic carbocycles. The number of pyridine rings is 1. The smallest absolute Gasteiger partial charge is 0.133 e. The van der Waals surface area contributed by atoms with Crippen molar-refractivity contribution in [2.24, 2.45) is 5.92 Å².